The van der Waals surface area contributed by atoms with Gasteiger partial charge in [0.25, 0.3) is 0 Å². The number of hydrogen-bond donors (Lipinski definition) is 6. The number of hydrogen-bond acceptors (Lipinski definition) is 6. The molecular weight excluding hydrogens is 204 g/mol. The van der Waals surface area contributed by atoms with Crippen LogP contribution in [0, 0.1) is 0 Å². The van der Waals surface area contributed by atoms with E-state index < -0.39 is 43.0 Å². The van der Waals surface area contributed by atoms with Crippen LogP contribution in [0.2, 0.25) is 0 Å². The SMILES string of the molecule is CC(=O)N[C@@H]1C(O)C(O)[C@@H](CO)N[C@@H]1O. The van der Waals surface area contributed by atoms with E-state index in [1.807, 2.05) is 0 Å². The van der Waals surface area contributed by atoms with Crippen molar-refractivity contribution in [2.24, 2.45) is 0 Å². The number of carbonyl (C=O) groups excluding carboxylic acids is 1. The normalized spacial score (nSPS) is 41.3. The number of carbonyl (C=O) groups is 1. The van der Waals surface area contributed by atoms with Gasteiger partial charge in [-0.1, -0.05) is 0 Å². The molecule has 1 rings (SSSR count). The molecule has 5 atom stereocenters. The fraction of sp³-hybridized carbons (Fsp3) is 0.875. The van der Waals surface area contributed by atoms with Crippen LogP contribution in [0.5, 0.6) is 0 Å². The Bertz CT molecular complexity index is 237. The predicted molar refractivity (Wildman–Crippen MR) is 49.6 cm³/mol. The number of amides is 1. The number of aliphatic hydroxyl groups is 4. The van der Waals surface area contributed by atoms with Crippen molar-refractivity contribution >= 4 is 5.91 Å². The van der Waals surface area contributed by atoms with Gasteiger partial charge < -0.3 is 25.7 Å². The first-order valence-corrected chi connectivity index (χ1v) is 4.65. The lowest BCUT2D eigenvalue weighted by atomic mass is 9.93. The third kappa shape index (κ3) is 2.64. The van der Waals surface area contributed by atoms with Gasteiger partial charge in [0.05, 0.1) is 24.8 Å². The summed E-state index contributed by atoms with van der Waals surface area (Å²) in [5.41, 5.74) is 0. The molecule has 0 radical (unpaired) electrons. The molecule has 2 unspecified atom stereocenters. The van der Waals surface area contributed by atoms with Gasteiger partial charge in [0, 0.05) is 6.92 Å². The monoisotopic (exact) mass is 220 g/mol. The summed E-state index contributed by atoms with van der Waals surface area (Å²) in [7, 11) is 0. The van der Waals surface area contributed by atoms with Gasteiger partial charge in [-0.3, -0.25) is 10.1 Å². The van der Waals surface area contributed by atoms with Crippen molar-refractivity contribution in [1.82, 2.24) is 10.6 Å². The second-order valence-corrected chi connectivity index (χ2v) is 3.61. The second-order valence-electron chi connectivity index (χ2n) is 3.61. The molecule has 6 N–H and O–H groups in total. The number of rotatable bonds is 2. The summed E-state index contributed by atoms with van der Waals surface area (Å²) in [6.07, 6.45) is -3.76. The van der Waals surface area contributed by atoms with Crippen LogP contribution in [0.25, 0.3) is 0 Å². The van der Waals surface area contributed by atoms with E-state index in [-0.39, 0.29) is 0 Å². The Labute approximate surface area is 86.7 Å². The molecule has 1 aliphatic rings. The maximum atomic E-state index is 10.8. The zero-order valence-corrected chi connectivity index (χ0v) is 8.29. The highest BCUT2D eigenvalue weighted by Gasteiger charge is 2.42. The van der Waals surface area contributed by atoms with Gasteiger partial charge in [-0.2, -0.15) is 0 Å². The molecule has 7 heteroatoms. The molecule has 1 amide bonds. The van der Waals surface area contributed by atoms with E-state index in [9.17, 15) is 20.1 Å². The van der Waals surface area contributed by atoms with Crippen molar-refractivity contribution in [3.8, 4) is 0 Å². The Kier molecular flexibility index (Phi) is 4.00. The average Bonchev–Trinajstić information content (AvgIpc) is 2.18. The zero-order valence-electron chi connectivity index (χ0n) is 8.29. The molecule has 15 heavy (non-hydrogen) atoms. The summed E-state index contributed by atoms with van der Waals surface area (Å²) in [5, 5.41) is 42.2. The Morgan fingerprint density at radius 3 is 2.40 bits per heavy atom. The van der Waals surface area contributed by atoms with Gasteiger partial charge in [0.1, 0.15) is 12.3 Å². The van der Waals surface area contributed by atoms with E-state index in [2.05, 4.69) is 10.6 Å². The largest absolute Gasteiger partial charge is 0.395 e. The van der Waals surface area contributed by atoms with Crippen molar-refractivity contribution in [3.05, 3.63) is 0 Å². The highest BCUT2D eigenvalue weighted by Crippen LogP contribution is 2.14. The second kappa shape index (κ2) is 4.86. The lowest BCUT2D eigenvalue weighted by Crippen LogP contribution is -2.69. The molecule has 7 nitrogen and oxygen atoms in total. The van der Waals surface area contributed by atoms with E-state index in [1.165, 1.54) is 6.92 Å². The quantitative estimate of drug-likeness (QED) is 0.287. The van der Waals surface area contributed by atoms with E-state index in [0.717, 1.165) is 0 Å². The maximum absolute atomic E-state index is 10.8. The minimum atomic E-state index is -1.32. The Balaban J connectivity index is 2.70. The number of aliphatic hydroxyl groups excluding tert-OH is 4. The fourth-order valence-corrected chi connectivity index (χ4v) is 1.62. The molecule has 0 spiro atoms. The van der Waals surface area contributed by atoms with Gasteiger partial charge in [-0.05, 0) is 0 Å². The van der Waals surface area contributed by atoms with Crippen LogP contribution in [0.15, 0.2) is 0 Å². The smallest absolute Gasteiger partial charge is 0.217 e. The minimum absolute atomic E-state index is 0.415. The number of nitrogens with one attached hydrogen (secondary N) is 2. The Morgan fingerprint density at radius 2 is 1.93 bits per heavy atom. The molecule has 0 aromatic carbocycles. The number of piperidine rings is 1. The minimum Gasteiger partial charge on any atom is -0.395 e. The molecule has 88 valence electrons. The first-order valence-electron chi connectivity index (χ1n) is 4.65. The standard InChI is InChI=1S/C8H16N2O5/c1-3(12)9-5-7(14)6(13)4(2-11)10-8(5)15/h4-8,10-11,13-15H,2H2,1H3,(H,9,12)/t4-,5-,6?,7?,8-/m1/s1. The summed E-state index contributed by atoms with van der Waals surface area (Å²) < 4.78 is 0. The summed E-state index contributed by atoms with van der Waals surface area (Å²) in [4.78, 5) is 10.8. The molecule has 0 bridgehead atoms. The van der Waals surface area contributed by atoms with E-state index in [1.54, 1.807) is 0 Å². The highest BCUT2D eigenvalue weighted by molar-refractivity contribution is 5.73. The molecule has 0 aromatic rings. The van der Waals surface area contributed by atoms with Crippen LogP contribution >= 0.6 is 0 Å². The van der Waals surface area contributed by atoms with Gasteiger partial charge >= 0.3 is 0 Å². The van der Waals surface area contributed by atoms with E-state index in [0.29, 0.717) is 0 Å². The van der Waals surface area contributed by atoms with Crippen molar-refractivity contribution in [2.45, 2.75) is 37.4 Å². The van der Waals surface area contributed by atoms with E-state index in [4.69, 9.17) is 5.11 Å². The molecule has 0 aliphatic carbocycles. The zero-order chi connectivity index (χ0) is 11.6. The Hall–Kier alpha value is -0.730. The third-order valence-electron chi connectivity index (χ3n) is 2.42. The highest BCUT2D eigenvalue weighted by atomic mass is 16.3. The van der Waals surface area contributed by atoms with Crippen LogP contribution in [0.3, 0.4) is 0 Å². The molecule has 0 aromatic heterocycles. The Morgan fingerprint density at radius 1 is 1.33 bits per heavy atom. The lowest BCUT2D eigenvalue weighted by molar-refractivity contribution is -0.132. The molecule has 1 heterocycles. The summed E-state index contributed by atoms with van der Waals surface area (Å²) in [6.45, 7) is 0.825. The fourth-order valence-electron chi connectivity index (χ4n) is 1.62. The first-order chi connectivity index (χ1) is 6.97. The van der Waals surface area contributed by atoms with Gasteiger partial charge in [0.2, 0.25) is 5.91 Å². The maximum Gasteiger partial charge on any atom is 0.217 e. The van der Waals surface area contributed by atoms with Crippen molar-refractivity contribution < 1.29 is 25.2 Å². The van der Waals surface area contributed by atoms with Gasteiger partial charge in [-0.15, -0.1) is 0 Å². The lowest BCUT2D eigenvalue weighted by Gasteiger charge is -2.41. The van der Waals surface area contributed by atoms with Gasteiger partial charge in [-0.25, -0.2) is 0 Å². The summed E-state index contributed by atoms with van der Waals surface area (Å²) >= 11 is 0. The summed E-state index contributed by atoms with van der Waals surface area (Å²) in [6, 6.07) is -1.79. The van der Waals surface area contributed by atoms with Crippen LogP contribution < -0.4 is 10.6 Å². The predicted octanol–water partition coefficient (Wildman–Crippen LogP) is -3.50. The van der Waals surface area contributed by atoms with E-state index >= 15 is 0 Å². The average molecular weight is 220 g/mol. The van der Waals surface area contributed by atoms with Crippen LogP contribution in [0.4, 0.5) is 0 Å². The van der Waals surface area contributed by atoms with Gasteiger partial charge in [0.15, 0.2) is 0 Å². The molecule has 0 saturated carbocycles. The molecule has 1 saturated heterocycles. The van der Waals surface area contributed by atoms with Crippen LogP contribution in [0.1, 0.15) is 6.92 Å². The first kappa shape index (κ1) is 12.3. The van der Waals surface area contributed by atoms with Crippen LogP contribution in [-0.2, 0) is 4.79 Å². The summed E-state index contributed by atoms with van der Waals surface area (Å²) in [5.74, 6) is -0.422. The molecule has 1 fully saturated rings. The van der Waals surface area contributed by atoms with Crippen molar-refractivity contribution in [3.63, 3.8) is 0 Å². The topological polar surface area (TPSA) is 122 Å². The van der Waals surface area contributed by atoms with Crippen LogP contribution in [-0.4, -0.2) is 63.5 Å². The van der Waals surface area contributed by atoms with Crippen molar-refractivity contribution in [1.29, 1.82) is 0 Å². The third-order valence-corrected chi connectivity index (χ3v) is 2.42. The molecular formula is C8H16N2O5. The molecule has 1 aliphatic heterocycles. The van der Waals surface area contributed by atoms with Crippen molar-refractivity contribution in [2.75, 3.05) is 6.61 Å².